The molecule has 0 spiro atoms. The average molecular weight is 196 g/mol. The molecule has 0 aliphatic carbocycles. The quantitative estimate of drug-likeness (QED) is 0.417. The number of nitro groups is 2. The molecule has 0 aliphatic heterocycles. The van der Waals surface area contributed by atoms with Gasteiger partial charge in [-0.05, 0) is 19.1 Å². The monoisotopic (exact) mass is 196 g/mol. The summed E-state index contributed by atoms with van der Waals surface area (Å²) in [6, 6.07) is 6.00. The van der Waals surface area contributed by atoms with Crippen molar-refractivity contribution < 1.29 is 9.85 Å². The summed E-state index contributed by atoms with van der Waals surface area (Å²) in [4.78, 5) is 19.0. The van der Waals surface area contributed by atoms with Crippen LogP contribution < -0.4 is 0 Å². The van der Waals surface area contributed by atoms with Crippen LogP contribution in [0.4, 0.5) is 0 Å². The largest absolute Gasteiger partial charge is 0.476 e. The van der Waals surface area contributed by atoms with Crippen LogP contribution in [0.2, 0.25) is 0 Å². The second-order valence-corrected chi connectivity index (χ2v) is 2.86. The van der Waals surface area contributed by atoms with Crippen LogP contribution >= 0.6 is 0 Å². The van der Waals surface area contributed by atoms with Gasteiger partial charge >= 0.3 is 6.17 Å². The topological polar surface area (TPSA) is 86.3 Å². The van der Waals surface area contributed by atoms with E-state index in [1.54, 1.807) is 19.1 Å². The molecular weight excluding hydrogens is 188 g/mol. The third-order valence-corrected chi connectivity index (χ3v) is 1.77. The van der Waals surface area contributed by atoms with E-state index in [-0.39, 0.29) is 5.56 Å². The maximum Gasteiger partial charge on any atom is 0.476 e. The molecule has 0 bridgehead atoms. The summed E-state index contributed by atoms with van der Waals surface area (Å²) >= 11 is 0. The van der Waals surface area contributed by atoms with E-state index in [0.717, 1.165) is 5.56 Å². The van der Waals surface area contributed by atoms with Gasteiger partial charge in [0, 0.05) is 0 Å². The third kappa shape index (κ3) is 2.03. The van der Waals surface area contributed by atoms with Gasteiger partial charge in [-0.15, -0.1) is 0 Å². The predicted molar refractivity (Wildman–Crippen MR) is 47.9 cm³/mol. The summed E-state index contributed by atoms with van der Waals surface area (Å²) in [5.41, 5.74) is 0.991. The summed E-state index contributed by atoms with van der Waals surface area (Å²) in [6.07, 6.45) is -1.87. The van der Waals surface area contributed by atoms with Crippen LogP contribution in [-0.2, 0) is 0 Å². The van der Waals surface area contributed by atoms with E-state index < -0.39 is 16.0 Å². The Morgan fingerprint density at radius 1 is 1.07 bits per heavy atom. The molecule has 0 fully saturated rings. The molecule has 6 nitrogen and oxygen atoms in total. The summed E-state index contributed by atoms with van der Waals surface area (Å²) in [7, 11) is 0. The normalized spacial score (nSPS) is 10.1. The molecule has 0 amide bonds. The molecule has 0 N–H and O–H groups in total. The first-order valence-corrected chi connectivity index (χ1v) is 3.86. The highest BCUT2D eigenvalue weighted by atomic mass is 16.7. The maximum absolute atomic E-state index is 10.4. The number of aryl methyl sites for hydroxylation is 1. The second-order valence-electron chi connectivity index (χ2n) is 2.86. The standard InChI is InChI=1S/C8H8N2O4/c1-6-2-4-7(5-3-6)8(9(11)12)10(13)14/h2-5,8H,1H3. The minimum atomic E-state index is -1.87. The van der Waals surface area contributed by atoms with E-state index in [2.05, 4.69) is 0 Å². The summed E-state index contributed by atoms with van der Waals surface area (Å²) in [5.74, 6) is 0. The smallest absolute Gasteiger partial charge is 0.258 e. The van der Waals surface area contributed by atoms with E-state index in [4.69, 9.17) is 0 Å². The van der Waals surface area contributed by atoms with Crippen molar-refractivity contribution in [3.8, 4) is 0 Å². The van der Waals surface area contributed by atoms with Crippen molar-refractivity contribution in [2.75, 3.05) is 0 Å². The SMILES string of the molecule is Cc1ccc(C([N+](=O)[O-])[N+](=O)[O-])cc1. The van der Waals surface area contributed by atoms with Crippen molar-refractivity contribution in [1.29, 1.82) is 0 Å². The van der Waals surface area contributed by atoms with Gasteiger partial charge in [0.1, 0.15) is 15.4 Å². The lowest BCUT2D eigenvalue weighted by molar-refractivity contribution is -0.752. The zero-order valence-electron chi connectivity index (χ0n) is 7.41. The molecule has 0 atom stereocenters. The van der Waals surface area contributed by atoms with Gasteiger partial charge in [0.25, 0.3) is 0 Å². The number of benzene rings is 1. The average Bonchev–Trinajstić information content (AvgIpc) is 2.07. The lowest BCUT2D eigenvalue weighted by Gasteiger charge is -2.01. The fourth-order valence-corrected chi connectivity index (χ4v) is 1.06. The van der Waals surface area contributed by atoms with Gasteiger partial charge < -0.3 is 0 Å². The highest BCUT2D eigenvalue weighted by molar-refractivity contribution is 5.21. The van der Waals surface area contributed by atoms with Crippen LogP contribution in [0.15, 0.2) is 24.3 Å². The van der Waals surface area contributed by atoms with Crippen molar-refractivity contribution in [3.05, 3.63) is 55.6 Å². The van der Waals surface area contributed by atoms with Crippen molar-refractivity contribution in [3.63, 3.8) is 0 Å². The van der Waals surface area contributed by atoms with Gasteiger partial charge in [0.2, 0.25) is 0 Å². The van der Waals surface area contributed by atoms with E-state index in [0.29, 0.717) is 0 Å². The molecule has 1 aromatic carbocycles. The van der Waals surface area contributed by atoms with Crippen molar-refractivity contribution in [1.82, 2.24) is 0 Å². The zero-order chi connectivity index (χ0) is 10.7. The van der Waals surface area contributed by atoms with Gasteiger partial charge in [0.15, 0.2) is 0 Å². The Bertz CT molecular complexity index is 346. The molecule has 1 rings (SSSR count). The fraction of sp³-hybridized carbons (Fsp3) is 0.250. The first-order chi connectivity index (χ1) is 6.52. The van der Waals surface area contributed by atoms with Gasteiger partial charge in [-0.2, -0.15) is 0 Å². The molecule has 0 saturated heterocycles. The number of hydrogen-bond donors (Lipinski definition) is 0. The van der Waals surface area contributed by atoms with E-state index in [9.17, 15) is 20.2 Å². The Labute approximate surface area is 79.5 Å². The van der Waals surface area contributed by atoms with Gasteiger partial charge in [0.05, 0.1) is 0 Å². The molecule has 0 unspecified atom stereocenters. The number of nitrogens with zero attached hydrogens (tertiary/aromatic N) is 2. The van der Waals surface area contributed by atoms with Crippen molar-refractivity contribution >= 4 is 0 Å². The Morgan fingerprint density at radius 2 is 1.50 bits per heavy atom. The Hall–Kier alpha value is -1.98. The molecule has 0 heterocycles. The molecule has 6 heteroatoms. The van der Waals surface area contributed by atoms with Crippen molar-refractivity contribution in [2.24, 2.45) is 0 Å². The van der Waals surface area contributed by atoms with E-state index >= 15 is 0 Å². The van der Waals surface area contributed by atoms with E-state index in [1.165, 1.54) is 12.1 Å². The van der Waals surface area contributed by atoms with Gasteiger partial charge in [-0.25, -0.2) is 0 Å². The summed E-state index contributed by atoms with van der Waals surface area (Å²) in [5, 5.41) is 20.8. The lowest BCUT2D eigenvalue weighted by Crippen LogP contribution is -2.19. The predicted octanol–water partition coefficient (Wildman–Crippen LogP) is 1.55. The molecule has 0 aliphatic rings. The molecule has 0 aromatic heterocycles. The van der Waals surface area contributed by atoms with Crippen molar-refractivity contribution in [2.45, 2.75) is 13.1 Å². The maximum atomic E-state index is 10.4. The Balaban J connectivity index is 3.06. The van der Waals surface area contributed by atoms with Crippen LogP contribution in [-0.4, -0.2) is 9.85 Å². The molecule has 74 valence electrons. The lowest BCUT2D eigenvalue weighted by atomic mass is 10.1. The van der Waals surface area contributed by atoms with Gasteiger partial charge in [-0.1, -0.05) is 17.7 Å². The fourth-order valence-electron chi connectivity index (χ4n) is 1.06. The molecule has 0 saturated carbocycles. The Kier molecular flexibility index (Phi) is 2.76. The molecule has 1 aromatic rings. The molecular formula is C8H8N2O4. The number of hydrogen-bond acceptors (Lipinski definition) is 4. The van der Waals surface area contributed by atoms with Crippen LogP contribution in [0.3, 0.4) is 0 Å². The molecule has 14 heavy (non-hydrogen) atoms. The highest BCUT2D eigenvalue weighted by Gasteiger charge is 2.34. The summed E-state index contributed by atoms with van der Waals surface area (Å²) in [6.45, 7) is 1.80. The first kappa shape index (κ1) is 10.1. The first-order valence-electron chi connectivity index (χ1n) is 3.86. The zero-order valence-corrected chi connectivity index (χ0v) is 7.41. The van der Waals surface area contributed by atoms with Crippen LogP contribution in [0.25, 0.3) is 0 Å². The van der Waals surface area contributed by atoms with Gasteiger partial charge in [-0.3, -0.25) is 20.2 Å². The Morgan fingerprint density at radius 3 is 1.86 bits per heavy atom. The summed E-state index contributed by atoms with van der Waals surface area (Å²) < 4.78 is 0. The van der Waals surface area contributed by atoms with E-state index in [1.807, 2.05) is 0 Å². The van der Waals surface area contributed by atoms with Crippen LogP contribution in [0.1, 0.15) is 17.3 Å². The number of rotatable bonds is 3. The third-order valence-electron chi connectivity index (χ3n) is 1.77. The van der Waals surface area contributed by atoms with Crippen LogP contribution in [0, 0.1) is 27.2 Å². The minimum Gasteiger partial charge on any atom is -0.258 e. The highest BCUT2D eigenvalue weighted by Crippen LogP contribution is 2.17. The minimum absolute atomic E-state index is 0.0885. The van der Waals surface area contributed by atoms with Crippen LogP contribution in [0.5, 0.6) is 0 Å². The second kappa shape index (κ2) is 3.82. The molecule has 0 radical (unpaired) electrons.